The van der Waals surface area contributed by atoms with Crippen LogP contribution in [0.1, 0.15) is 27.6 Å². The molecule has 51 heavy (non-hydrogen) atoms. The molecule has 0 atom stereocenters. The SMILES string of the molecule is O=C1/C(=N/O)c2nc1c(-c1ccccc1)c1ccc([nH]1)c(-c1ccccc1)c1nc(c(-c3ccccc3)c3ccc([nH]3)c2-c2ccccc2)C=C1. The zero-order valence-corrected chi connectivity index (χ0v) is 27.2. The van der Waals surface area contributed by atoms with Crippen molar-refractivity contribution in [3.63, 3.8) is 0 Å². The molecule has 0 aliphatic carbocycles. The van der Waals surface area contributed by atoms with Gasteiger partial charge in [0.15, 0.2) is 5.71 Å². The number of rotatable bonds is 4. The van der Waals surface area contributed by atoms with E-state index in [4.69, 9.17) is 9.97 Å². The number of H-pyrrole nitrogens is 2. The summed E-state index contributed by atoms with van der Waals surface area (Å²) in [4.78, 5) is 32.0. The maximum absolute atomic E-state index is 14.4. The highest BCUT2D eigenvalue weighted by Gasteiger charge is 2.33. The number of aromatic nitrogens is 4. The van der Waals surface area contributed by atoms with Crippen LogP contribution < -0.4 is 0 Å². The van der Waals surface area contributed by atoms with E-state index in [0.717, 1.165) is 55.8 Å². The number of carbonyl (C=O) groups excluding carboxylic acids is 1. The smallest absolute Gasteiger partial charge is 0.236 e. The van der Waals surface area contributed by atoms with Gasteiger partial charge in [-0.15, -0.1) is 0 Å². The first-order chi connectivity index (χ1) is 25.2. The molecule has 0 fully saturated rings. The number of aromatic amines is 2. The first-order valence-electron chi connectivity index (χ1n) is 16.6. The lowest BCUT2D eigenvalue weighted by atomic mass is 9.99. The standard InChI is InChI=1S/C44H29N5O2/c50-44-42-40(30-19-11-4-12-20-30)36-26-24-34(47-36)38(28-15-7-2-8-16-28)32-22-21-31(45-32)37(27-13-5-1-6-14-27)33-23-25-35(46-33)39(29-17-9-3-10-18-29)41(48-42)43(44)49-51/h1-26,46-47,51H/b37-31?,37-33?,38-32?,38-34?,39-35?,40-36?,41-39?,42-40?,49-43+. The summed E-state index contributed by atoms with van der Waals surface area (Å²) < 4.78 is 0. The number of Topliss-reactive ketones (excluding diaryl/α,β-unsaturated/α-hetero) is 1. The van der Waals surface area contributed by atoms with Gasteiger partial charge in [0.25, 0.3) is 0 Å². The van der Waals surface area contributed by atoms with Crippen molar-refractivity contribution < 1.29 is 10.0 Å². The maximum atomic E-state index is 14.4. The molecule has 2 aliphatic heterocycles. The largest absolute Gasteiger partial charge is 0.410 e. The molecule has 4 aromatic carbocycles. The minimum Gasteiger partial charge on any atom is -0.410 e. The Kier molecular flexibility index (Phi) is 7.29. The molecule has 0 saturated carbocycles. The van der Waals surface area contributed by atoms with Crippen molar-refractivity contribution in [2.75, 3.05) is 0 Å². The molecule has 5 heterocycles. The summed E-state index contributed by atoms with van der Waals surface area (Å²) in [6, 6.07) is 47.7. The Morgan fingerprint density at radius 2 is 0.784 bits per heavy atom. The zero-order chi connectivity index (χ0) is 34.3. The van der Waals surface area contributed by atoms with Gasteiger partial charge in [-0.05, 0) is 58.7 Å². The fourth-order valence-corrected chi connectivity index (χ4v) is 7.03. The van der Waals surface area contributed by atoms with E-state index in [-0.39, 0.29) is 17.1 Å². The highest BCUT2D eigenvalue weighted by molar-refractivity contribution is 6.54. The van der Waals surface area contributed by atoms with Crippen molar-refractivity contribution in [3.05, 3.63) is 168 Å². The molecule has 0 amide bonds. The molecular weight excluding hydrogens is 631 g/mol. The highest BCUT2D eigenvalue weighted by Crippen LogP contribution is 2.38. The van der Waals surface area contributed by atoms with Crippen molar-refractivity contribution in [2.24, 2.45) is 5.16 Å². The van der Waals surface area contributed by atoms with Crippen LogP contribution in [0.15, 0.2) is 151 Å². The van der Waals surface area contributed by atoms with Crippen molar-refractivity contribution in [1.82, 2.24) is 19.9 Å². The second-order valence-electron chi connectivity index (χ2n) is 12.3. The Morgan fingerprint density at radius 1 is 0.431 bits per heavy atom. The Labute approximate surface area is 293 Å². The monoisotopic (exact) mass is 659 g/mol. The van der Waals surface area contributed by atoms with E-state index in [1.165, 1.54) is 0 Å². The Hall–Kier alpha value is -7.12. The lowest BCUT2D eigenvalue weighted by Crippen LogP contribution is -2.10. The number of hydrogen-bond acceptors (Lipinski definition) is 5. The molecule has 9 rings (SSSR count). The topological polar surface area (TPSA) is 107 Å². The van der Waals surface area contributed by atoms with Gasteiger partial charge in [0.2, 0.25) is 5.78 Å². The quantitative estimate of drug-likeness (QED) is 0.129. The normalized spacial score (nSPS) is 13.2. The summed E-state index contributed by atoms with van der Waals surface area (Å²) in [6.45, 7) is 0. The summed E-state index contributed by atoms with van der Waals surface area (Å²) in [5, 5.41) is 14.0. The Morgan fingerprint density at radius 3 is 1.18 bits per heavy atom. The molecule has 0 radical (unpaired) electrons. The van der Waals surface area contributed by atoms with Gasteiger partial charge in [-0.2, -0.15) is 0 Å². The van der Waals surface area contributed by atoms with Gasteiger partial charge in [0.1, 0.15) is 11.4 Å². The summed E-state index contributed by atoms with van der Waals surface area (Å²) >= 11 is 0. The van der Waals surface area contributed by atoms with Crippen LogP contribution in [-0.2, 0) is 0 Å². The second kappa shape index (κ2) is 12.4. The van der Waals surface area contributed by atoms with Gasteiger partial charge in [-0.25, -0.2) is 9.97 Å². The average molecular weight is 660 g/mol. The van der Waals surface area contributed by atoms with Gasteiger partial charge >= 0.3 is 0 Å². The van der Waals surface area contributed by atoms with Crippen LogP contribution in [0.25, 0.3) is 78.7 Å². The van der Waals surface area contributed by atoms with Gasteiger partial charge in [-0.3, -0.25) is 4.79 Å². The van der Waals surface area contributed by atoms with E-state index in [9.17, 15) is 10.0 Å². The molecular formula is C44H29N5O2. The van der Waals surface area contributed by atoms with Crippen LogP contribution in [-0.4, -0.2) is 36.6 Å². The summed E-state index contributed by atoms with van der Waals surface area (Å²) in [6.07, 6.45) is 4.12. The minimum absolute atomic E-state index is 0.129. The molecule has 3 N–H and O–H groups in total. The molecule has 7 nitrogen and oxygen atoms in total. The van der Waals surface area contributed by atoms with Gasteiger partial charge in [-0.1, -0.05) is 126 Å². The van der Waals surface area contributed by atoms with Crippen molar-refractivity contribution in [1.29, 1.82) is 0 Å². The zero-order valence-electron chi connectivity index (χ0n) is 27.2. The minimum atomic E-state index is -0.474. The average Bonchev–Trinajstić information content (AvgIpc) is 4.01. The van der Waals surface area contributed by atoms with E-state index >= 15 is 0 Å². The van der Waals surface area contributed by atoms with Crippen molar-refractivity contribution >= 4 is 45.7 Å². The van der Waals surface area contributed by atoms with Crippen LogP contribution >= 0.6 is 0 Å². The molecule has 0 unspecified atom stereocenters. The van der Waals surface area contributed by atoms with Crippen LogP contribution in [0, 0.1) is 0 Å². The number of oxime groups is 1. The number of benzene rings is 4. The number of nitrogens with one attached hydrogen (secondary N) is 2. The molecule has 8 bridgehead atoms. The molecule has 7 aromatic rings. The van der Waals surface area contributed by atoms with Crippen LogP contribution in [0.3, 0.4) is 0 Å². The molecule has 242 valence electrons. The van der Waals surface area contributed by atoms with Crippen LogP contribution in [0.5, 0.6) is 0 Å². The van der Waals surface area contributed by atoms with E-state index in [2.05, 4.69) is 51.5 Å². The highest BCUT2D eigenvalue weighted by atomic mass is 16.4. The molecule has 7 heteroatoms. The molecule has 0 saturated heterocycles. The third-order valence-corrected chi connectivity index (χ3v) is 9.30. The first-order valence-corrected chi connectivity index (χ1v) is 16.6. The maximum Gasteiger partial charge on any atom is 0.236 e. The van der Waals surface area contributed by atoms with Crippen LogP contribution in [0.4, 0.5) is 0 Å². The fourth-order valence-electron chi connectivity index (χ4n) is 7.03. The second-order valence-corrected chi connectivity index (χ2v) is 12.3. The van der Waals surface area contributed by atoms with Crippen molar-refractivity contribution in [3.8, 4) is 44.5 Å². The van der Waals surface area contributed by atoms with Gasteiger partial charge < -0.3 is 15.2 Å². The molecule has 0 spiro atoms. The number of hydrogen-bond donors (Lipinski definition) is 3. The number of ketones is 1. The van der Waals surface area contributed by atoms with Gasteiger partial charge in [0, 0.05) is 44.3 Å². The summed E-state index contributed by atoms with van der Waals surface area (Å²) in [7, 11) is 0. The van der Waals surface area contributed by atoms with E-state index in [0.29, 0.717) is 22.2 Å². The third-order valence-electron chi connectivity index (χ3n) is 9.30. The first kappa shape index (κ1) is 30.0. The molecule has 3 aromatic heterocycles. The van der Waals surface area contributed by atoms with E-state index in [1.807, 2.05) is 121 Å². The lowest BCUT2D eigenvalue weighted by Gasteiger charge is -2.06. The number of nitrogens with zero attached hydrogens (tertiary/aromatic N) is 3. The van der Waals surface area contributed by atoms with E-state index in [1.54, 1.807) is 0 Å². The van der Waals surface area contributed by atoms with E-state index < -0.39 is 5.78 Å². The number of carbonyl (C=O) groups is 1. The summed E-state index contributed by atoms with van der Waals surface area (Å²) in [5.74, 6) is -0.474. The predicted molar refractivity (Wildman–Crippen MR) is 204 cm³/mol. The third kappa shape index (κ3) is 5.16. The molecule has 2 aliphatic rings. The Balaban J connectivity index is 1.53. The number of fused-ring (bicyclic) bond motifs is 8. The van der Waals surface area contributed by atoms with Crippen LogP contribution in [0.2, 0.25) is 0 Å². The van der Waals surface area contributed by atoms with Crippen molar-refractivity contribution in [2.45, 2.75) is 0 Å². The lowest BCUT2D eigenvalue weighted by molar-refractivity contribution is 0.106. The van der Waals surface area contributed by atoms with Gasteiger partial charge in [0.05, 0.1) is 11.4 Å². The Bertz CT molecular complexity index is 2690. The predicted octanol–water partition coefficient (Wildman–Crippen LogP) is 10.2. The summed E-state index contributed by atoms with van der Waals surface area (Å²) in [5.41, 5.74) is 11.6. The fraction of sp³-hybridized carbons (Fsp3) is 0.